The van der Waals surface area contributed by atoms with Gasteiger partial charge >= 0.3 is 10.1 Å². The van der Waals surface area contributed by atoms with Crippen LogP contribution in [0.3, 0.4) is 0 Å². The van der Waals surface area contributed by atoms with Crippen molar-refractivity contribution in [2.75, 3.05) is 5.75 Å². The minimum atomic E-state index is -4.18. The van der Waals surface area contributed by atoms with Gasteiger partial charge in [0.2, 0.25) is 5.96 Å². The van der Waals surface area contributed by atoms with Crippen LogP contribution in [0.5, 0.6) is 0 Å². The predicted octanol–water partition coefficient (Wildman–Crippen LogP) is 1.69. The van der Waals surface area contributed by atoms with Gasteiger partial charge in [-0.05, 0) is 45.7 Å². The minimum absolute atomic E-state index is 0.318. The zero-order valence-electron chi connectivity index (χ0n) is 11.4. The predicted molar refractivity (Wildman–Crippen MR) is 89.3 cm³/mol. The molecule has 0 fully saturated rings. The number of halogens is 1. The lowest BCUT2D eigenvalue weighted by atomic mass is 10.2. The molecule has 10 heteroatoms. The van der Waals surface area contributed by atoms with Crippen LogP contribution in [0.25, 0.3) is 10.1 Å². The molecule has 0 spiro atoms. The summed E-state index contributed by atoms with van der Waals surface area (Å²) in [7, 11) is -4.18. The Hall–Kier alpha value is -1.65. The normalized spacial score (nSPS) is 11.4. The molecule has 0 bridgehead atoms. The lowest BCUT2D eigenvalue weighted by molar-refractivity contribution is 0.102. The molecule has 1 heterocycles. The molecule has 0 aliphatic rings. The fourth-order valence-corrected chi connectivity index (χ4v) is 4.10. The molecule has 0 unspecified atom stereocenters. The summed E-state index contributed by atoms with van der Waals surface area (Å²) in [5, 5.41) is 3.80. The monoisotopic (exact) mass is 405 g/mol. The first-order chi connectivity index (χ1) is 10.2. The second-order valence-corrected chi connectivity index (χ2v) is 7.86. The number of fused-ring (bicyclic) bond motifs is 1. The van der Waals surface area contributed by atoms with Crippen molar-refractivity contribution in [1.29, 1.82) is 0 Å². The van der Waals surface area contributed by atoms with Gasteiger partial charge in [-0.2, -0.15) is 8.42 Å². The molecule has 0 saturated carbocycles. The highest BCUT2D eigenvalue weighted by Gasteiger charge is 2.22. The van der Waals surface area contributed by atoms with Crippen LogP contribution in [0.15, 0.2) is 27.8 Å². The van der Waals surface area contributed by atoms with Crippen molar-refractivity contribution in [2.45, 2.75) is 6.92 Å². The van der Waals surface area contributed by atoms with Crippen LogP contribution in [-0.4, -0.2) is 25.9 Å². The Kier molecular flexibility index (Phi) is 4.73. The maximum absolute atomic E-state index is 12.1. The fourth-order valence-electron chi connectivity index (χ4n) is 1.68. The molecule has 2 aromatic rings. The van der Waals surface area contributed by atoms with Crippen LogP contribution >= 0.6 is 27.3 Å². The fraction of sp³-hybridized carbons (Fsp3) is 0.167. The third kappa shape index (κ3) is 3.76. The summed E-state index contributed by atoms with van der Waals surface area (Å²) < 4.78 is 29.1. The highest BCUT2D eigenvalue weighted by Crippen LogP contribution is 2.33. The van der Waals surface area contributed by atoms with Gasteiger partial charge in [-0.15, -0.1) is 11.3 Å². The summed E-state index contributed by atoms with van der Waals surface area (Å²) in [6.07, 6.45) is 0. The van der Waals surface area contributed by atoms with Crippen LogP contribution in [0.1, 0.15) is 15.2 Å². The summed E-state index contributed by atoms with van der Waals surface area (Å²) in [5.74, 6) is -1.97. The summed E-state index contributed by atoms with van der Waals surface area (Å²) in [4.78, 5) is 12.4. The highest BCUT2D eigenvalue weighted by molar-refractivity contribution is 9.10. The lowest BCUT2D eigenvalue weighted by Crippen LogP contribution is -2.24. The summed E-state index contributed by atoms with van der Waals surface area (Å²) in [6.45, 7) is 1.93. The lowest BCUT2D eigenvalue weighted by Gasteiger charge is -1.99. The van der Waals surface area contributed by atoms with E-state index in [9.17, 15) is 13.2 Å². The molecule has 22 heavy (non-hydrogen) atoms. The number of hydrogen-bond donors (Lipinski definition) is 2. The number of oxime groups is 1. The second kappa shape index (κ2) is 6.23. The van der Waals surface area contributed by atoms with Crippen molar-refractivity contribution in [3.63, 3.8) is 0 Å². The van der Waals surface area contributed by atoms with Gasteiger partial charge in [-0.3, -0.25) is 9.08 Å². The van der Waals surface area contributed by atoms with Gasteiger partial charge in [-0.25, -0.2) is 0 Å². The van der Waals surface area contributed by atoms with Crippen LogP contribution < -0.4 is 11.5 Å². The van der Waals surface area contributed by atoms with E-state index in [2.05, 4.69) is 25.4 Å². The largest absolute Gasteiger partial charge is 0.367 e. The van der Waals surface area contributed by atoms with Crippen LogP contribution in [0.2, 0.25) is 0 Å². The van der Waals surface area contributed by atoms with Crippen molar-refractivity contribution in [1.82, 2.24) is 0 Å². The molecule has 1 aromatic carbocycles. The molecule has 0 aliphatic heterocycles. The molecule has 0 saturated heterocycles. The summed E-state index contributed by atoms with van der Waals surface area (Å²) in [5.41, 5.74) is 11.0. The van der Waals surface area contributed by atoms with E-state index in [1.165, 1.54) is 11.3 Å². The summed E-state index contributed by atoms with van der Waals surface area (Å²) in [6, 6.07) is 5.44. The van der Waals surface area contributed by atoms with Gasteiger partial charge in [0.1, 0.15) is 0 Å². The summed E-state index contributed by atoms with van der Waals surface area (Å²) >= 11 is 4.66. The van der Waals surface area contributed by atoms with Crippen molar-refractivity contribution in [3.8, 4) is 0 Å². The van der Waals surface area contributed by atoms with E-state index < -0.39 is 27.6 Å². The van der Waals surface area contributed by atoms with E-state index in [-0.39, 0.29) is 0 Å². The highest BCUT2D eigenvalue weighted by atomic mass is 79.9. The van der Waals surface area contributed by atoms with E-state index in [4.69, 9.17) is 11.5 Å². The number of benzene rings is 1. The topological polar surface area (TPSA) is 125 Å². The number of carbonyl (C=O) groups excluding carboxylic acids is 1. The van der Waals surface area contributed by atoms with Crippen molar-refractivity contribution >= 4 is 59.2 Å². The SMILES string of the molecule is Cc1ccc2sc(C(=O)CS(=O)(=O)ON=C(N)N)cc2c1Br. The smallest absolute Gasteiger partial charge is 0.336 e. The number of aryl methyl sites for hydroxylation is 1. The van der Waals surface area contributed by atoms with Crippen molar-refractivity contribution in [2.24, 2.45) is 16.6 Å². The van der Waals surface area contributed by atoms with Gasteiger partial charge < -0.3 is 11.5 Å². The maximum atomic E-state index is 12.1. The molecule has 2 rings (SSSR count). The Balaban J connectivity index is 2.27. The van der Waals surface area contributed by atoms with E-state index in [0.29, 0.717) is 4.88 Å². The molecule has 118 valence electrons. The third-order valence-electron chi connectivity index (χ3n) is 2.67. The van der Waals surface area contributed by atoms with Gasteiger partial charge in [0.15, 0.2) is 11.5 Å². The third-order valence-corrected chi connectivity index (χ3v) is 5.78. The molecular weight excluding hydrogens is 394 g/mol. The number of carbonyl (C=O) groups is 1. The first kappa shape index (κ1) is 16.7. The molecule has 7 nitrogen and oxygen atoms in total. The Labute approximate surface area is 139 Å². The quantitative estimate of drug-likeness (QED) is 0.337. The van der Waals surface area contributed by atoms with E-state index >= 15 is 0 Å². The second-order valence-electron chi connectivity index (χ2n) is 4.43. The molecule has 4 N–H and O–H groups in total. The number of ketones is 1. The molecule has 1 aromatic heterocycles. The first-order valence-electron chi connectivity index (χ1n) is 5.92. The van der Waals surface area contributed by atoms with E-state index in [1.807, 2.05) is 19.1 Å². The first-order valence-corrected chi connectivity index (χ1v) is 9.10. The van der Waals surface area contributed by atoms with Crippen LogP contribution in [0, 0.1) is 6.92 Å². The Bertz CT molecular complexity index is 870. The minimum Gasteiger partial charge on any atom is -0.367 e. The molecule has 0 amide bonds. The van der Waals surface area contributed by atoms with Gasteiger partial charge in [0, 0.05) is 14.6 Å². The average Bonchev–Trinajstić information content (AvgIpc) is 2.85. The zero-order chi connectivity index (χ0) is 16.5. The number of nitrogens with zero attached hydrogens (tertiary/aromatic N) is 1. The standard InChI is InChI=1S/C12H12BrN3O4S2/c1-6-2-3-9-7(11(6)13)4-10(21-9)8(17)5-22(18,19)20-16-12(14)15/h2-4H,5H2,1H3,(H4,14,15,16). The number of Topliss-reactive ketones (excluding diaryl/α,β-unsaturated/α-hetero) is 1. The number of rotatable bonds is 5. The Morgan fingerprint density at radius 3 is 2.73 bits per heavy atom. The average molecular weight is 406 g/mol. The molecule has 0 radical (unpaired) electrons. The van der Waals surface area contributed by atoms with Crippen LogP contribution in [0.4, 0.5) is 0 Å². The number of nitrogens with two attached hydrogens (primary N) is 2. The maximum Gasteiger partial charge on any atom is 0.336 e. The Morgan fingerprint density at radius 1 is 1.41 bits per heavy atom. The number of hydrogen-bond acceptors (Lipinski definition) is 6. The van der Waals surface area contributed by atoms with E-state index in [1.54, 1.807) is 6.07 Å². The molecule has 0 atom stereocenters. The van der Waals surface area contributed by atoms with Crippen molar-refractivity contribution in [3.05, 3.63) is 33.1 Å². The van der Waals surface area contributed by atoms with Gasteiger partial charge in [0.05, 0.1) is 4.88 Å². The van der Waals surface area contributed by atoms with Gasteiger partial charge in [-0.1, -0.05) is 6.07 Å². The molecular formula is C12H12BrN3O4S2. The van der Waals surface area contributed by atoms with Gasteiger partial charge in [0.25, 0.3) is 0 Å². The Morgan fingerprint density at radius 2 is 2.09 bits per heavy atom. The van der Waals surface area contributed by atoms with E-state index in [0.717, 1.165) is 20.1 Å². The number of thiophene rings is 1. The zero-order valence-corrected chi connectivity index (χ0v) is 14.6. The van der Waals surface area contributed by atoms with Crippen LogP contribution in [-0.2, 0) is 14.4 Å². The van der Waals surface area contributed by atoms with Crippen molar-refractivity contribution < 1.29 is 17.5 Å². The number of guanidine groups is 1. The molecule has 0 aliphatic carbocycles.